The fraction of sp³-hybridized carbons (Fsp3) is 0. The van der Waals surface area contributed by atoms with Crippen LogP contribution in [-0.4, -0.2) is 13.7 Å². The van der Waals surface area contributed by atoms with Gasteiger partial charge in [-0.2, -0.15) is 0 Å². The highest BCUT2D eigenvalue weighted by Crippen LogP contribution is 2.43. The summed E-state index contributed by atoms with van der Waals surface area (Å²) < 4.78 is 10.5. The molecule has 19 aromatic carbocycles. The van der Waals surface area contributed by atoms with Gasteiger partial charge in [0.1, 0.15) is 0 Å². The van der Waals surface area contributed by atoms with Crippen molar-refractivity contribution >= 4 is 113 Å². The lowest BCUT2D eigenvalue weighted by atomic mass is 9.97. The SMILES string of the molecule is Brc1cccc(-c2cccc(-c3ccc4c(c3)c3ccc(-c5ccccc5)cc3n4-c3ccccc3)c2)c1.Brc1cccc(-c2cccc(-c3ccc4c(c3)c3ccccc3n4-c3cc(-c4ccccc4)cc(-c4ccccc4)c3)c2)c1.Brc1cccc(-c2cccc(-c3ccc4c(c3)c3ccccc3n4-c3cccc(-c4ccccc4)c3)c2)c1. The second-order valence-corrected chi connectivity index (χ2v) is 33.1. The number of halogens is 3. The minimum absolute atomic E-state index is 1.08. The van der Waals surface area contributed by atoms with Gasteiger partial charge < -0.3 is 13.7 Å². The van der Waals surface area contributed by atoms with Crippen LogP contribution in [0.4, 0.5) is 0 Å². The van der Waals surface area contributed by atoms with Crippen LogP contribution < -0.4 is 0 Å². The van der Waals surface area contributed by atoms with Gasteiger partial charge in [-0.1, -0.05) is 357 Å². The molecule has 0 aliphatic rings. The Morgan fingerprint density at radius 2 is 0.350 bits per heavy atom. The lowest BCUT2D eigenvalue weighted by Gasteiger charge is -2.14. The van der Waals surface area contributed by atoms with E-state index >= 15 is 0 Å². The van der Waals surface area contributed by atoms with Crippen LogP contribution in [0.5, 0.6) is 0 Å². The van der Waals surface area contributed by atoms with Gasteiger partial charge in [0, 0.05) is 62.8 Å². The Bertz CT molecular complexity index is 7490. The molecule has 3 heterocycles. The number of hydrogen-bond donors (Lipinski definition) is 0. The molecule has 0 saturated heterocycles. The molecule has 22 aromatic rings. The Morgan fingerprint density at radius 1 is 0.117 bits per heavy atom. The minimum atomic E-state index is 1.08. The summed E-state index contributed by atoms with van der Waals surface area (Å²) in [6.07, 6.45) is 0. The summed E-state index contributed by atoms with van der Waals surface area (Å²) in [6.45, 7) is 0. The molecule has 6 heteroatoms. The quantitative estimate of drug-likeness (QED) is 0.109. The molecule has 0 aliphatic carbocycles. The summed E-state index contributed by atoms with van der Waals surface area (Å²) in [5.41, 5.74) is 35.0. The van der Waals surface area contributed by atoms with Gasteiger partial charge in [0.15, 0.2) is 0 Å². The Hall–Kier alpha value is -14.0. The van der Waals surface area contributed by atoms with Crippen LogP contribution in [0.15, 0.2) is 474 Å². The Kier molecular flexibility index (Phi) is 20.7. The van der Waals surface area contributed by atoms with Gasteiger partial charge in [0.05, 0.1) is 33.1 Å². The van der Waals surface area contributed by atoms with Crippen LogP contribution in [0.1, 0.15) is 0 Å². The van der Waals surface area contributed by atoms with E-state index in [1.54, 1.807) is 0 Å². The van der Waals surface area contributed by atoms with E-state index in [0.717, 1.165) is 19.1 Å². The second-order valence-electron chi connectivity index (χ2n) is 30.4. The highest BCUT2D eigenvalue weighted by molar-refractivity contribution is 9.11. The highest BCUT2D eigenvalue weighted by Gasteiger charge is 2.20. The summed E-state index contributed by atoms with van der Waals surface area (Å²) in [5.74, 6) is 0. The van der Waals surface area contributed by atoms with Crippen molar-refractivity contribution in [1.29, 1.82) is 0 Å². The van der Waals surface area contributed by atoms with E-state index in [1.807, 2.05) is 0 Å². The molecule has 0 amide bonds. The minimum Gasteiger partial charge on any atom is -0.309 e. The first kappa shape index (κ1) is 74.8. The third kappa shape index (κ3) is 15.1. The largest absolute Gasteiger partial charge is 0.309 e. The fourth-order valence-corrected chi connectivity index (χ4v) is 18.4. The highest BCUT2D eigenvalue weighted by atomic mass is 79.9. The number of hydrogen-bond acceptors (Lipinski definition) is 0. The molecule has 120 heavy (non-hydrogen) atoms. The van der Waals surface area contributed by atoms with E-state index in [1.165, 1.54) is 188 Å². The lowest BCUT2D eigenvalue weighted by molar-refractivity contribution is 1.18. The van der Waals surface area contributed by atoms with Crippen LogP contribution in [0.3, 0.4) is 0 Å². The van der Waals surface area contributed by atoms with E-state index in [0.29, 0.717) is 0 Å². The Labute approximate surface area is 723 Å². The van der Waals surface area contributed by atoms with Crippen molar-refractivity contribution in [2.75, 3.05) is 0 Å². The standard InChI is InChI=1S/C42H28BrN.2C36H24BrN/c43-37-18-10-17-33(25-37)31-15-9-16-32(23-31)34-21-22-42-40(28-34)39-19-7-8-20-41(39)44(42)38-26-35(29-11-3-1-4-12-29)24-36(27-38)30-13-5-2-6-14-30;37-31-14-8-13-28(22-31)26-11-7-12-27(21-26)29-18-20-35-34(23-29)33-19-17-30(25-9-3-1-4-10-25)24-36(33)38(35)32-15-5-2-6-16-32;37-31-15-7-13-28(22-31)26-11-6-12-27(21-26)30-19-20-36-34(24-30)33-17-4-5-18-35(33)38(36)32-16-8-14-29(23-32)25-9-2-1-3-10-25/h1-28H;2*1-24H. The van der Waals surface area contributed by atoms with Crippen molar-refractivity contribution in [3.8, 4) is 128 Å². The normalized spacial score (nSPS) is 11.3. The first-order chi connectivity index (χ1) is 59.2. The summed E-state index contributed by atoms with van der Waals surface area (Å²) in [5, 5.41) is 7.53. The predicted molar refractivity (Wildman–Crippen MR) is 520 cm³/mol. The Balaban J connectivity index is 0.000000115. The summed E-state index contributed by atoms with van der Waals surface area (Å²) in [7, 11) is 0. The average Bonchev–Trinajstić information content (AvgIpc) is 1.60. The molecule has 0 fully saturated rings. The number of aromatic nitrogens is 3. The predicted octanol–water partition coefficient (Wildman–Crippen LogP) is 33.3. The molecular weight excluding hydrogens is 1650 g/mol. The maximum Gasteiger partial charge on any atom is 0.0547 e. The van der Waals surface area contributed by atoms with E-state index in [4.69, 9.17) is 0 Å². The number of nitrogens with zero attached hydrogens (tertiary/aromatic N) is 3. The molecule has 0 atom stereocenters. The summed E-state index contributed by atoms with van der Waals surface area (Å²) in [6, 6.07) is 166. The van der Waals surface area contributed by atoms with Gasteiger partial charge in [0.25, 0.3) is 0 Å². The molecule has 3 aromatic heterocycles. The molecule has 568 valence electrons. The average molecular weight is 1730 g/mol. The fourth-order valence-electron chi connectivity index (χ4n) is 17.2. The van der Waals surface area contributed by atoms with E-state index in [9.17, 15) is 0 Å². The maximum atomic E-state index is 3.63. The molecule has 0 aliphatic heterocycles. The van der Waals surface area contributed by atoms with Crippen molar-refractivity contribution in [3.05, 3.63) is 474 Å². The van der Waals surface area contributed by atoms with Crippen LogP contribution in [0.25, 0.3) is 194 Å². The third-order valence-electron chi connectivity index (χ3n) is 22.9. The number of para-hydroxylation sites is 3. The zero-order valence-corrected chi connectivity index (χ0v) is 70.1. The molecule has 0 radical (unpaired) electrons. The Morgan fingerprint density at radius 3 is 0.733 bits per heavy atom. The second kappa shape index (κ2) is 33.2. The van der Waals surface area contributed by atoms with Gasteiger partial charge in [-0.05, 0) is 263 Å². The zero-order valence-electron chi connectivity index (χ0n) is 65.4. The summed E-state index contributed by atoms with van der Waals surface area (Å²) >= 11 is 10.8. The van der Waals surface area contributed by atoms with E-state index in [2.05, 4.69) is 523 Å². The molecule has 0 N–H and O–H groups in total. The van der Waals surface area contributed by atoms with Crippen molar-refractivity contribution in [2.24, 2.45) is 0 Å². The van der Waals surface area contributed by atoms with Crippen LogP contribution in [0, 0.1) is 0 Å². The van der Waals surface area contributed by atoms with Crippen molar-refractivity contribution in [3.63, 3.8) is 0 Å². The zero-order chi connectivity index (χ0) is 80.4. The number of rotatable bonds is 13. The van der Waals surface area contributed by atoms with Crippen molar-refractivity contribution in [1.82, 2.24) is 13.7 Å². The molecule has 0 saturated carbocycles. The monoisotopic (exact) mass is 1720 g/mol. The van der Waals surface area contributed by atoms with E-state index < -0.39 is 0 Å². The van der Waals surface area contributed by atoms with Crippen LogP contribution in [-0.2, 0) is 0 Å². The molecule has 0 spiro atoms. The molecule has 3 nitrogen and oxygen atoms in total. The first-order valence-corrected chi connectivity index (χ1v) is 42.9. The smallest absolute Gasteiger partial charge is 0.0547 e. The lowest BCUT2D eigenvalue weighted by Crippen LogP contribution is -1.96. The maximum absolute atomic E-state index is 3.63. The molecular formula is C114H76Br3N3. The van der Waals surface area contributed by atoms with Crippen LogP contribution in [0.2, 0.25) is 0 Å². The van der Waals surface area contributed by atoms with Gasteiger partial charge in [0.2, 0.25) is 0 Å². The summed E-state index contributed by atoms with van der Waals surface area (Å²) in [4.78, 5) is 0. The molecule has 0 bridgehead atoms. The molecule has 0 unspecified atom stereocenters. The van der Waals surface area contributed by atoms with Gasteiger partial charge in [-0.25, -0.2) is 0 Å². The van der Waals surface area contributed by atoms with Gasteiger partial charge in [-0.15, -0.1) is 0 Å². The third-order valence-corrected chi connectivity index (χ3v) is 24.4. The topological polar surface area (TPSA) is 14.8 Å². The van der Waals surface area contributed by atoms with Gasteiger partial charge in [-0.3, -0.25) is 0 Å². The van der Waals surface area contributed by atoms with Gasteiger partial charge >= 0.3 is 0 Å². The van der Waals surface area contributed by atoms with Crippen LogP contribution >= 0.6 is 47.8 Å². The van der Waals surface area contributed by atoms with Crippen molar-refractivity contribution in [2.45, 2.75) is 0 Å². The first-order valence-electron chi connectivity index (χ1n) is 40.5. The number of benzene rings is 19. The van der Waals surface area contributed by atoms with E-state index in [-0.39, 0.29) is 0 Å². The number of fused-ring (bicyclic) bond motifs is 9. The molecule has 22 rings (SSSR count). The van der Waals surface area contributed by atoms with Crippen molar-refractivity contribution < 1.29 is 0 Å².